The van der Waals surface area contributed by atoms with Crippen molar-refractivity contribution in [3.63, 3.8) is 0 Å². The second-order valence-electron chi connectivity index (χ2n) is 6.86. The summed E-state index contributed by atoms with van der Waals surface area (Å²) in [4.78, 5) is 2.65. The average molecular weight is 395 g/mol. The van der Waals surface area contributed by atoms with Crippen LogP contribution in [0.1, 0.15) is 30.1 Å². The van der Waals surface area contributed by atoms with Gasteiger partial charge >= 0.3 is 0 Å². The van der Waals surface area contributed by atoms with Crippen LogP contribution in [-0.2, 0) is 6.54 Å². The smallest absolute Gasteiger partial charge is 0.118 e. The lowest BCUT2D eigenvalue weighted by atomic mass is 9.95. The van der Waals surface area contributed by atoms with Gasteiger partial charge in [0.05, 0.1) is 18.3 Å². The van der Waals surface area contributed by atoms with E-state index in [0.29, 0.717) is 6.04 Å². The lowest BCUT2D eigenvalue weighted by Crippen LogP contribution is -2.43. The van der Waals surface area contributed by atoms with Crippen molar-refractivity contribution >= 4 is 15.9 Å². The molecule has 4 nitrogen and oxygen atoms in total. The maximum Gasteiger partial charge on any atom is 0.118 e. The van der Waals surface area contributed by atoms with Gasteiger partial charge < -0.3 is 0 Å². The summed E-state index contributed by atoms with van der Waals surface area (Å²) in [7, 11) is 0. The number of benzene rings is 2. The zero-order valence-electron chi connectivity index (χ0n) is 13.8. The predicted molar refractivity (Wildman–Crippen MR) is 101 cm³/mol. The highest BCUT2D eigenvalue weighted by Crippen LogP contribution is 2.42. The summed E-state index contributed by atoms with van der Waals surface area (Å²) in [6, 6.07) is 19.9. The molecular formula is C20H19BrN4. The van der Waals surface area contributed by atoms with Gasteiger partial charge in [-0.25, -0.2) is 4.68 Å². The van der Waals surface area contributed by atoms with Gasteiger partial charge in [0.1, 0.15) is 5.69 Å². The van der Waals surface area contributed by atoms with Gasteiger partial charge in [-0.3, -0.25) is 4.90 Å². The third kappa shape index (κ3) is 2.53. The quantitative estimate of drug-likeness (QED) is 0.650. The maximum absolute atomic E-state index is 4.57. The molecule has 5 rings (SSSR count). The second kappa shape index (κ2) is 6.07. The van der Waals surface area contributed by atoms with E-state index in [1.54, 1.807) is 0 Å². The molecule has 25 heavy (non-hydrogen) atoms. The number of halogens is 1. The summed E-state index contributed by atoms with van der Waals surface area (Å²) < 4.78 is 3.25. The minimum Gasteiger partial charge on any atom is -0.286 e. The first kappa shape index (κ1) is 15.3. The molecule has 2 atom stereocenters. The number of fused-ring (bicyclic) bond motifs is 2. The fourth-order valence-corrected chi connectivity index (χ4v) is 4.54. The van der Waals surface area contributed by atoms with E-state index < -0.39 is 0 Å². The molecule has 1 aromatic heterocycles. The molecule has 0 bridgehead atoms. The molecule has 3 heterocycles. The molecule has 0 radical (unpaired) electrons. The Balaban J connectivity index is 1.69. The Morgan fingerprint density at radius 3 is 2.60 bits per heavy atom. The third-order valence-corrected chi connectivity index (χ3v) is 5.93. The van der Waals surface area contributed by atoms with Crippen molar-refractivity contribution in [3.05, 3.63) is 70.3 Å². The lowest BCUT2D eigenvalue weighted by Gasteiger charge is -2.38. The SMILES string of the molecule is Brc1ccc([C@H]2c3c(-c4ccccc4)nnn3C[C@@H]3CCCN32)cc1. The molecule has 0 aliphatic carbocycles. The number of nitrogens with zero attached hydrogens (tertiary/aromatic N) is 4. The number of rotatable bonds is 2. The summed E-state index contributed by atoms with van der Waals surface area (Å²) in [5.41, 5.74) is 4.70. The van der Waals surface area contributed by atoms with Crippen LogP contribution < -0.4 is 0 Å². The van der Waals surface area contributed by atoms with Gasteiger partial charge in [0.2, 0.25) is 0 Å². The first-order chi connectivity index (χ1) is 12.3. The monoisotopic (exact) mass is 394 g/mol. The van der Waals surface area contributed by atoms with Crippen molar-refractivity contribution in [1.29, 1.82) is 0 Å². The fraction of sp³-hybridized carbons (Fsp3) is 0.300. The Morgan fingerprint density at radius 1 is 1.00 bits per heavy atom. The summed E-state index contributed by atoms with van der Waals surface area (Å²) >= 11 is 3.56. The highest BCUT2D eigenvalue weighted by molar-refractivity contribution is 9.10. The molecule has 0 saturated carbocycles. The minimum atomic E-state index is 0.222. The van der Waals surface area contributed by atoms with Gasteiger partial charge in [0.15, 0.2) is 0 Å². The molecule has 0 amide bonds. The number of hydrogen-bond donors (Lipinski definition) is 0. The topological polar surface area (TPSA) is 34.0 Å². The molecule has 5 heteroatoms. The normalized spacial score (nSPS) is 22.6. The van der Waals surface area contributed by atoms with Gasteiger partial charge in [-0.1, -0.05) is 63.6 Å². The van der Waals surface area contributed by atoms with Gasteiger partial charge in [-0.2, -0.15) is 0 Å². The van der Waals surface area contributed by atoms with E-state index in [2.05, 4.69) is 84.4 Å². The Labute approximate surface area is 155 Å². The Hall–Kier alpha value is -1.98. The van der Waals surface area contributed by atoms with Crippen molar-refractivity contribution in [1.82, 2.24) is 19.9 Å². The molecule has 3 aromatic rings. The third-order valence-electron chi connectivity index (χ3n) is 5.40. The van der Waals surface area contributed by atoms with Crippen LogP contribution in [0.2, 0.25) is 0 Å². The molecular weight excluding hydrogens is 376 g/mol. The Kier molecular flexibility index (Phi) is 3.71. The molecule has 1 saturated heterocycles. The molecule has 126 valence electrons. The number of hydrogen-bond acceptors (Lipinski definition) is 3. The van der Waals surface area contributed by atoms with E-state index in [1.165, 1.54) is 24.1 Å². The standard InChI is InChI=1S/C20H19BrN4/c21-16-10-8-15(9-11-16)19-20-18(14-5-2-1-3-6-14)22-23-25(20)13-17-7-4-12-24(17)19/h1-3,5-6,8-11,17,19H,4,7,12-13H2/t17-,19-/m0/s1. The van der Waals surface area contributed by atoms with Gasteiger partial charge in [0, 0.05) is 16.1 Å². The van der Waals surface area contributed by atoms with Crippen molar-refractivity contribution in [2.24, 2.45) is 0 Å². The van der Waals surface area contributed by atoms with Crippen LogP contribution in [0.3, 0.4) is 0 Å². The van der Waals surface area contributed by atoms with Gasteiger partial charge in [0.25, 0.3) is 0 Å². The van der Waals surface area contributed by atoms with Crippen LogP contribution in [-0.4, -0.2) is 32.5 Å². The van der Waals surface area contributed by atoms with Gasteiger partial charge in [-0.15, -0.1) is 5.10 Å². The zero-order chi connectivity index (χ0) is 16.8. The lowest BCUT2D eigenvalue weighted by molar-refractivity contribution is 0.147. The molecule has 0 N–H and O–H groups in total. The molecule has 2 aromatic carbocycles. The Bertz CT molecular complexity index is 888. The van der Waals surface area contributed by atoms with Crippen molar-refractivity contribution in [2.45, 2.75) is 31.5 Å². The zero-order valence-corrected chi connectivity index (χ0v) is 15.4. The van der Waals surface area contributed by atoms with E-state index in [9.17, 15) is 0 Å². The van der Waals surface area contributed by atoms with Crippen LogP contribution in [0, 0.1) is 0 Å². The largest absolute Gasteiger partial charge is 0.286 e. The van der Waals surface area contributed by atoms with Crippen LogP contribution >= 0.6 is 15.9 Å². The molecule has 2 aliphatic heterocycles. The summed E-state index contributed by atoms with van der Waals surface area (Å²) in [6.07, 6.45) is 2.50. The summed E-state index contributed by atoms with van der Waals surface area (Å²) in [5, 5.41) is 9.08. The summed E-state index contributed by atoms with van der Waals surface area (Å²) in [5.74, 6) is 0. The van der Waals surface area contributed by atoms with Crippen LogP contribution in [0.5, 0.6) is 0 Å². The fourth-order valence-electron chi connectivity index (χ4n) is 4.27. The minimum absolute atomic E-state index is 0.222. The maximum atomic E-state index is 4.57. The van der Waals surface area contributed by atoms with E-state index in [1.807, 2.05) is 6.07 Å². The second-order valence-corrected chi connectivity index (χ2v) is 7.78. The van der Waals surface area contributed by atoms with E-state index >= 15 is 0 Å². The van der Waals surface area contributed by atoms with Crippen molar-refractivity contribution in [2.75, 3.05) is 6.54 Å². The molecule has 2 aliphatic rings. The Morgan fingerprint density at radius 2 is 1.80 bits per heavy atom. The van der Waals surface area contributed by atoms with Crippen LogP contribution in [0.15, 0.2) is 59.1 Å². The highest BCUT2D eigenvalue weighted by Gasteiger charge is 2.41. The molecule has 1 fully saturated rings. The average Bonchev–Trinajstić information content (AvgIpc) is 3.28. The van der Waals surface area contributed by atoms with Crippen molar-refractivity contribution < 1.29 is 0 Å². The van der Waals surface area contributed by atoms with Crippen LogP contribution in [0.25, 0.3) is 11.3 Å². The highest BCUT2D eigenvalue weighted by atomic mass is 79.9. The van der Waals surface area contributed by atoms with E-state index in [-0.39, 0.29) is 6.04 Å². The van der Waals surface area contributed by atoms with E-state index in [4.69, 9.17) is 0 Å². The number of aromatic nitrogens is 3. The van der Waals surface area contributed by atoms with Gasteiger partial charge in [-0.05, 0) is 37.1 Å². The first-order valence-corrected chi connectivity index (χ1v) is 9.60. The van der Waals surface area contributed by atoms with Crippen molar-refractivity contribution in [3.8, 4) is 11.3 Å². The van der Waals surface area contributed by atoms with E-state index in [0.717, 1.165) is 28.8 Å². The predicted octanol–water partition coefficient (Wildman–Crippen LogP) is 4.28. The molecule has 0 unspecified atom stereocenters. The molecule has 0 spiro atoms. The van der Waals surface area contributed by atoms with Crippen LogP contribution in [0.4, 0.5) is 0 Å². The first-order valence-electron chi connectivity index (χ1n) is 8.81. The summed E-state index contributed by atoms with van der Waals surface area (Å²) in [6.45, 7) is 2.09.